The van der Waals surface area contributed by atoms with Crippen molar-refractivity contribution >= 4 is 5.91 Å². The van der Waals surface area contributed by atoms with Gasteiger partial charge >= 0.3 is 0 Å². The lowest BCUT2D eigenvalue weighted by molar-refractivity contribution is 0.0987. The number of carbonyl (C=O) groups excluding carboxylic acids is 1. The molecule has 2 aromatic heterocycles. The molecule has 1 atom stereocenters. The summed E-state index contributed by atoms with van der Waals surface area (Å²) in [6.07, 6.45) is 6.25. The van der Waals surface area contributed by atoms with Gasteiger partial charge in [-0.25, -0.2) is 9.97 Å². The van der Waals surface area contributed by atoms with Crippen molar-refractivity contribution in [3.63, 3.8) is 0 Å². The Balaban J connectivity index is 1.41. The zero-order valence-corrected chi connectivity index (χ0v) is 16.0. The van der Waals surface area contributed by atoms with Crippen LogP contribution in [0.1, 0.15) is 47.0 Å². The zero-order chi connectivity index (χ0) is 19.8. The van der Waals surface area contributed by atoms with Crippen LogP contribution in [0.5, 0.6) is 0 Å². The second kappa shape index (κ2) is 7.04. The van der Waals surface area contributed by atoms with E-state index in [9.17, 15) is 4.79 Å². The molecule has 0 bridgehead atoms. The molecule has 1 spiro atoms. The molecule has 1 unspecified atom stereocenters. The molecule has 2 N–H and O–H groups in total. The number of piperidine rings is 1. The van der Waals surface area contributed by atoms with Crippen LogP contribution in [0.2, 0.25) is 0 Å². The third-order valence-corrected chi connectivity index (χ3v) is 5.98. The number of primary amides is 1. The second-order valence-electron chi connectivity index (χ2n) is 7.90. The van der Waals surface area contributed by atoms with Gasteiger partial charge in [0, 0.05) is 23.7 Å². The van der Waals surface area contributed by atoms with Crippen LogP contribution in [-0.4, -0.2) is 44.0 Å². The number of rotatable bonds is 4. The SMILES string of the molecule is NC(=O)c1noc(CN2CCCC3(CCc4cnc(-c5ccccc5)nc43)C2)n1. The molecule has 1 amide bonds. The summed E-state index contributed by atoms with van der Waals surface area (Å²) in [5.41, 5.74) is 8.71. The number of fused-ring (bicyclic) bond motifs is 2. The van der Waals surface area contributed by atoms with Gasteiger partial charge in [-0.05, 0) is 37.8 Å². The number of hydrogen-bond acceptors (Lipinski definition) is 7. The molecule has 8 heteroatoms. The average Bonchev–Trinajstić information content (AvgIpc) is 3.34. The van der Waals surface area contributed by atoms with Gasteiger partial charge in [0.05, 0.1) is 12.2 Å². The lowest BCUT2D eigenvalue weighted by Gasteiger charge is -2.40. The highest BCUT2D eigenvalue weighted by atomic mass is 16.5. The van der Waals surface area contributed by atoms with Crippen LogP contribution in [0.15, 0.2) is 41.1 Å². The van der Waals surface area contributed by atoms with Crippen molar-refractivity contribution in [2.45, 2.75) is 37.6 Å². The normalized spacial score (nSPS) is 21.4. The lowest BCUT2D eigenvalue weighted by Crippen LogP contribution is -2.45. The molecule has 3 heterocycles. The number of carbonyl (C=O) groups is 1. The highest BCUT2D eigenvalue weighted by molar-refractivity contribution is 5.88. The smallest absolute Gasteiger partial charge is 0.290 e. The largest absolute Gasteiger partial charge is 0.363 e. The minimum Gasteiger partial charge on any atom is -0.363 e. The van der Waals surface area contributed by atoms with E-state index in [2.05, 4.69) is 20.0 Å². The summed E-state index contributed by atoms with van der Waals surface area (Å²) in [5, 5.41) is 3.64. The first-order valence-electron chi connectivity index (χ1n) is 9.90. The van der Waals surface area contributed by atoms with Gasteiger partial charge in [-0.1, -0.05) is 35.5 Å². The Kier molecular flexibility index (Phi) is 4.35. The molecule has 148 valence electrons. The summed E-state index contributed by atoms with van der Waals surface area (Å²) < 4.78 is 5.20. The fourth-order valence-electron chi connectivity index (χ4n) is 4.64. The Labute approximate surface area is 168 Å². The maximum atomic E-state index is 11.2. The molecule has 8 nitrogen and oxygen atoms in total. The van der Waals surface area contributed by atoms with Crippen molar-refractivity contribution in [3.05, 3.63) is 59.5 Å². The van der Waals surface area contributed by atoms with Gasteiger partial charge in [0.1, 0.15) is 0 Å². The number of likely N-dealkylation sites (tertiary alicyclic amines) is 1. The highest BCUT2D eigenvalue weighted by Crippen LogP contribution is 2.44. The summed E-state index contributed by atoms with van der Waals surface area (Å²) in [4.78, 5) is 27.2. The first-order valence-corrected chi connectivity index (χ1v) is 9.90. The van der Waals surface area contributed by atoms with Gasteiger partial charge in [-0.3, -0.25) is 9.69 Å². The summed E-state index contributed by atoms with van der Waals surface area (Å²) >= 11 is 0. The van der Waals surface area contributed by atoms with Crippen molar-refractivity contribution in [3.8, 4) is 11.4 Å². The fourth-order valence-corrected chi connectivity index (χ4v) is 4.64. The fraction of sp³-hybridized carbons (Fsp3) is 0.381. The highest BCUT2D eigenvalue weighted by Gasteiger charge is 2.44. The molecule has 2 aliphatic rings. The number of nitrogens with two attached hydrogens (primary N) is 1. The second-order valence-corrected chi connectivity index (χ2v) is 7.90. The molecule has 1 fully saturated rings. The number of aromatic nitrogens is 4. The summed E-state index contributed by atoms with van der Waals surface area (Å²) in [7, 11) is 0. The predicted octanol–water partition coefficient (Wildman–Crippen LogP) is 2.11. The molecule has 29 heavy (non-hydrogen) atoms. The lowest BCUT2D eigenvalue weighted by atomic mass is 9.77. The van der Waals surface area contributed by atoms with E-state index in [1.165, 1.54) is 11.3 Å². The maximum absolute atomic E-state index is 11.2. The standard InChI is InChI=1S/C21H22N6O2/c22-18(28)20-24-16(29-26-20)12-27-10-4-8-21(13-27)9-7-15-11-23-19(25-17(15)21)14-5-2-1-3-6-14/h1-3,5-6,11H,4,7-10,12-13H2,(H2,22,28). The Morgan fingerprint density at radius 3 is 2.86 bits per heavy atom. The van der Waals surface area contributed by atoms with E-state index in [0.717, 1.165) is 50.2 Å². The molecule has 3 aromatic rings. The van der Waals surface area contributed by atoms with Gasteiger partial charge in [0.2, 0.25) is 5.89 Å². The van der Waals surface area contributed by atoms with Crippen molar-refractivity contribution in [1.29, 1.82) is 0 Å². The maximum Gasteiger partial charge on any atom is 0.290 e. The van der Waals surface area contributed by atoms with Gasteiger partial charge in [-0.2, -0.15) is 4.98 Å². The minimum atomic E-state index is -0.676. The van der Waals surface area contributed by atoms with Crippen molar-refractivity contribution in [2.75, 3.05) is 13.1 Å². The Hall–Kier alpha value is -3.13. The van der Waals surface area contributed by atoms with Crippen molar-refractivity contribution in [2.24, 2.45) is 5.73 Å². The first kappa shape index (κ1) is 17.9. The van der Waals surface area contributed by atoms with Gasteiger partial charge < -0.3 is 10.3 Å². The predicted molar refractivity (Wildman–Crippen MR) is 105 cm³/mol. The van der Waals surface area contributed by atoms with Crippen LogP contribution in [0, 0.1) is 0 Å². The van der Waals surface area contributed by atoms with Crippen LogP contribution in [0.25, 0.3) is 11.4 Å². The van der Waals surface area contributed by atoms with Crippen molar-refractivity contribution < 1.29 is 9.32 Å². The summed E-state index contributed by atoms with van der Waals surface area (Å²) in [5.74, 6) is 0.454. The average molecular weight is 390 g/mol. The van der Waals surface area contributed by atoms with Crippen molar-refractivity contribution in [1.82, 2.24) is 25.0 Å². The molecule has 1 aliphatic carbocycles. The van der Waals surface area contributed by atoms with Gasteiger partial charge in [0.25, 0.3) is 11.7 Å². The topological polar surface area (TPSA) is 111 Å². The Bertz CT molecular complexity index is 1050. The zero-order valence-electron chi connectivity index (χ0n) is 16.0. The van der Waals surface area contributed by atoms with Crippen LogP contribution >= 0.6 is 0 Å². The van der Waals surface area contributed by atoms with Crippen LogP contribution in [0.3, 0.4) is 0 Å². The van der Waals surface area contributed by atoms with Crippen LogP contribution in [-0.2, 0) is 18.4 Å². The minimum absolute atomic E-state index is 0.0204. The van der Waals surface area contributed by atoms with E-state index in [4.69, 9.17) is 15.2 Å². The Morgan fingerprint density at radius 1 is 1.21 bits per heavy atom. The van der Waals surface area contributed by atoms with E-state index in [1.807, 2.05) is 36.5 Å². The van der Waals surface area contributed by atoms with Gasteiger partial charge in [0.15, 0.2) is 5.82 Å². The van der Waals surface area contributed by atoms with E-state index in [0.29, 0.717) is 12.4 Å². The molecule has 0 radical (unpaired) electrons. The molecule has 5 rings (SSSR count). The molecule has 1 saturated heterocycles. The van der Waals surface area contributed by atoms with E-state index < -0.39 is 5.91 Å². The number of nitrogens with zero attached hydrogens (tertiary/aromatic N) is 5. The van der Waals surface area contributed by atoms with Crippen LogP contribution < -0.4 is 5.73 Å². The quantitative estimate of drug-likeness (QED) is 0.726. The number of amides is 1. The molecular weight excluding hydrogens is 368 g/mol. The summed E-state index contributed by atoms with van der Waals surface area (Å²) in [6, 6.07) is 10.1. The third-order valence-electron chi connectivity index (χ3n) is 5.98. The molecule has 0 saturated carbocycles. The van der Waals surface area contributed by atoms with Crippen LogP contribution in [0.4, 0.5) is 0 Å². The Morgan fingerprint density at radius 2 is 2.07 bits per heavy atom. The van der Waals surface area contributed by atoms with Gasteiger partial charge in [-0.15, -0.1) is 0 Å². The van der Waals surface area contributed by atoms with E-state index in [-0.39, 0.29) is 11.2 Å². The molecular formula is C21H22N6O2. The summed E-state index contributed by atoms with van der Waals surface area (Å²) in [6.45, 7) is 2.33. The monoisotopic (exact) mass is 390 g/mol. The molecule has 1 aliphatic heterocycles. The number of hydrogen-bond donors (Lipinski definition) is 1. The number of benzene rings is 1. The third kappa shape index (κ3) is 3.29. The first-order chi connectivity index (χ1) is 14.1. The van der Waals surface area contributed by atoms with E-state index in [1.54, 1.807) is 0 Å². The molecule has 1 aromatic carbocycles. The number of aryl methyl sites for hydroxylation is 1. The van der Waals surface area contributed by atoms with E-state index >= 15 is 0 Å².